The lowest BCUT2D eigenvalue weighted by Crippen LogP contribution is -2.55. The van der Waals surface area contributed by atoms with E-state index in [1.54, 1.807) is 4.57 Å². The van der Waals surface area contributed by atoms with E-state index in [2.05, 4.69) is 10.2 Å². The van der Waals surface area contributed by atoms with E-state index >= 15 is 4.39 Å². The number of aryl methyl sites for hydroxylation is 1. The van der Waals surface area contributed by atoms with Crippen molar-refractivity contribution in [3.8, 4) is 5.75 Å². The lowest BCUT2D eigenvalue weighted by Gasteiger charge is -2.42. The highest BCUT2D eigenvalue weighted by molar-refractivity contribution is 7.80. The van der Waals surface area contributed by atoms with Crippen LogP contribution in [-0.4, -0.2) is 58.4 Å². The summed E-state index contributed by atoms with van der Waals surface area (Å²) in [6.45, 7) is 5.58. The van der Waals surface area contributed by atoms with Gasteiger partial charge in [-0.05, 0) is 57.1 Å². The molecule has 10 heteroatoms. The van der Waals surface area contributed by atoms with Gasteiger partial charge in [-0.3, -0.25) is 4.79 Å². The van der Waals surface area contributed by atoms with Gasteiger partial charge in [0.15, 0.2) is 16.7 Å². The number of aromatic nitrogens is 1. The quantitative estimate of drug-likeness (QED) is 0.475. The highest BCUT2D eigenvalue weighted by Crippen LogP contribution is 2.44. The van der Waals surface area contributed by atoms with Crippen molar-refractivity contribution in [2.75, 3.05) is 37.0 Å². The van der Waals surface area contributed by atoms with Gasteiger partial charge in [-0.1, -0.05) is 17.7 Å². The van der Waals surface area contributed by atoms with Crippen molar-refractivity contribution in [3.05, 3.63) is 63.7 Å². The number of nitrogens with zero attached hydrogens (tertiary/aromatic N) is 3. The van der Waals surface area contributed by atoms with Gasteiger partial charge >= 0.3 is 5.97 Å². The van der Waals surface area contributed by atoms with E-state index < -0.39 is 17.2 Å². The zero-order valence-corrected chi connectivity index (χ0v) is 21.8. The Morgan fingerprint density at radius 3 is 2.51 bits per heavy atom. The van der Waals surface area contributed by atoms with Gasteiger partial charge in [-0.2, -0.15) is 0 Å². The minimum atomic E-state index is -1.33. The van der Waals surface area contributed by atoms with Crippen LogP contribution in [0.15, 0.2) is 41.3 Å². The molecule has 2 heterocycles. The molecular formula is C27H29FN4O4S. The van der Waals surface area contributed by atoms with Gasteiger partial charge in [0, 0.05) is 43.6 Å². The Labute approximate surface area is 219 Å². The van der Waals surface area contributed by atoms with E-state index in [4.69, 9.17) is 17.0 Å². The normalized spacial score (nSPS) is 17.7. The summed E-state index contributed by atoms with van der Waals surface area (Å²) < 4.78 is 23.1. The number of hydrogen-bond acceptors (Lipinski definition) is 5. The molecule has 3 aromatic rings. The SMILES string of the molecule is COc1c(N2CCN(C(=S)Nc3ccc(C)cc3)C(C)C2)c(F)cc2c(=O)c(C(=O)O)cn(C3CC3)c12. The first kappa shape index (κ1) is 25.0. The van der Waals surface area contributed by atoms with Crippen molar-refractivity contribution in [3.63, 3.8) is 0 Å². The van der Waals surface area contributed by atoms with Crippen LogP contribution in [0.2, 0.25) is 0 Å². The number of thiocarbonyl (C=S) groups is 1. The van der Waals surface area contributed by atoms with Crippen LogP contribution in [0.1, 0.15) is 41.7 Å². The summed E-state index contributed by atoms with van der Waals surface area (Å²) in [4.78, 5) is 28.6. The molecule has 1 aliphatic carbocycles. The van der Waals surface area contributed by atoms with E-state index in [0.29, 0.717) is 30.3 Å². The molecule has 0 bridgehead atoms. The van der Waals surface area contributed by atoms with Crippen LogP contribution in [0.25, 0.3) is 10.9 Å². The molecule has 1 saturated carbocycles. The van der Waals surface area contributed by atoms with Gasteiger partial charge in [0.05, 0.1) is 18.0 Å². The van der Waals surface area contributed by atoms with Gasteiger partial charge in [0.1, 0.15) is 11.3 Å². The Bertz CT molecular complexity index is 1450. The maximum absolute atomic E-state index is 15.6. The smallest absolute Gasteiger partial charge is 0.341 e. The Balaban J connectivity index is 1.48. The van der Waals surface area contributed by atoms with Crippen molar-refractivity contribution in [1.29, 1.82) is 0 Å². The Hall–Kier alpha value is -3.66. The molecule has 8 nitrogen and oxygen atoms in total. The molecule has 37 heavy (non-hydrogen) atoms. The summed E-state index contributed by atoms with van der Waals surface area (Å²) in [7, 11) is 1.45. The standard InChI is InChI=1S/C27H29FN4O4S/c1-15-4-6-17(7-5-15)29-27(37)31-11-10-30(13-16(31)2)23-21(28)12-19-22(25(23)36-3)32(18-8-9-18)14-20(24(19)33)26(34)35/h4-7,12,14,16,18H,8-11,13H2,1-3H3,(H,29,37)(H,34,35). The van der Waals surface area contributed by atoms with Crippen molar-refractivity contribution >= 4 is 45.6 Å². The summed E-state index contributed by atoms with van der Waals surface area (Å²) in [6.07, 6.45) is 3.08. The molecule has 0 amide bonds. The second-order valence-corrected chi connectivity index (χ2v) is 10.1. The number of nitrogens with one attached hydrogen (secondary N) is 1. The van der Waals surface area contributed by atoms with Gasteiger partial charge < -0.3 is 29.5 Å². The first-order chi connectivity index (χ1) is 17.7. The highest BCUT2D eigenvalue weighted by atomic mass is 32.1. The number of carbonyl (C=O) groups is 1. The number of rotatable bonds is 5. The molecular weight excluding hydrogens is 495 g/mol. The van der Waals surface area contributed by atoms with Gasteiger partial charge in [-0.25, -0.2) is 9.18 Å². The number of pyridine rings is 1. The number of methoxy groups -OCH3 is 1. The predicted molar refractivity (Wildman–Crippen MR) is 146 cm³/mol. The van der Waals surface area contributed by atoms with Gasteiger partial charge in [-0.15, -0.1) is 0 Å². The summed E-state index contributed by atoms with van der Waals surface area (Å²) in [5.41, 5.74) is 1.69. The number of halogens is 1. The lowest BCUT2D eigenvalue weighted by atomic mass is 10.1. The van der Waals surface area contributed by atoms with E-state index in [0.717, 1.165) is 30.2 Å². The average molecular weight is 525 g/mol. The number of ether oxygens (including phenoxy) is 1. The number of anilines is 2. The van der Waals surface area contributed by atoms with Crippen LogP contribution in [0, 0.1) is 12.7 Å². The second kappa shape index (κ2) is 9.66. The first-order valence-electron chi connectivity index (χ1n) is 12.3. The predicted octanol–water partition coefficient (Wildman–Crippen LogP) is 4.40. The van der Waals surface area contributed by atoms with Gasteiger partial charge in [0.25, 0.3) is 0 Å². The number of piperazine rings is 1. The Morgan fingerprint density at radius 2 is 1.92 bits per heavy atom. The molecule has 1 aromatic heterocycles. The molecule has 5 rings (SSSR count). The molecule has 0 radical (unpaired) electrons. The largest absolute Gasteiger partial charge is 0.492 e. The summed E-state index contributed by atoms with van der Waals surface area (Å²) in [5.74, 6) is -1.70. The van der Waals surface area contributed by atoms with Crippen LogP contribution in [0.5, 0.6) is 5.75 Å². The summed E-state index contributed by atoms with van der Waals surface area (Å²) in [5, 5.41) is 13.4. The Morgan fingerprint density at radius 1 is 1.22 bits per heavy atom. The maximum atomic E-state index is 15.6. The number of benzene rings is 2. The zero-order valence-electron chi connectivity index (χ0n) is 21.0. The van der Waals surface area contributed by atoms with E-state index in [1.165, 1.54) is 13.3 Å². The van der Waals surface area contributed by atoms with E-state index in [1.807, 2.05) is 43.0 Å². The molecule has 2 fully saturated rings. The molecule has 194 valence electrons. The van der Waals surface area contributed by atoms with Gasteiger partial charge in [0.2, 0.25) is 5.43 Å². The van der Waals surface area contributed by atoms with Crippen LogP contribution in [0.4, 0.5) is 15.8 Å². The molecule has 2 N–H and O–H groups in total. The zero-order chi connectivity index (χ0) is 26.4. The van der Waals surface area contributed by atoms with Crippen LogP contribution < -0.4 is 20.4 Å². The molecule has 1 aliphatic heterocycles. The van der Waals surface area contributed by atoms with Crippen molar-refractivity contribution < 1.29 is 19.0 Å². The molecule has 0 spiro atoms. The minimum Gasteiger partial charge on any atom is -0.492 e. The van der Waals surface area contributed by atoms with Crippen molar-refractivity contribution in [2.45, 2.75) is 38.8 Å². The number of fused-ring (bicyclic) bond motifs is 1. The molecule has 1 unspecified atom stereocenters. The molecule has 1 saturated heterocycles. The fourth-order valence-electron chi connectivity index (χ4n) is 5.02. The van der Waals surface area contributed by atoms with Crippen LogP contribution >= 0.6 is 12.2 Å². The summed E-state index contributed by atoms with van der Waals surface area (Å²) in [6, 6.07) is 9.17. The minimum absolute atomic E-state index is 0.0139. The van der Waals surface area contributed by atoms with Crippen LogP contribution in [0.3, 0.4) is 0 Å². The fourth-order valence-corrected chi connectivity index (χ4v) is 5.41. The second-order valence-electron chi connectivity index (χ2n) is 9.74. The number of carboxylic acid groups (broad SMARTS) is 1. The molecule has 1 atom stereocenters. The maximum Gasteiger partial charge on any atom is 0.341 e. The van der Waals surface area contributed by atoms with Crippen molar-refractivity contribution in [2.24, 2.45) is 0 Å². The fraction of sp³-hybridized carbons (Fsp3) is 0.370. The average Bonchev–Trinajstić information content (AvgIpc) is 3.70. The Kier molecular flexibility index (Phi) is 6.53. The third-order valence-corrected chi connectivity index (χ3v) is 7.42. The molecule has 2 aliphatic rings. The van der Waals surface area contributed by atoms with Crippen LogP contribution in [-0.2, 0) is 0 Å². The third kappa shape index (κ3) is 4.61. The van der Waals surface area contributed by atoms with E-state index in [9.17, 15) is 14.7 Å². The number of aromatic carboxylic acids is 1. The number of hydrogen-bond donors (Lipinski definition) is 2. The molecule has 2 aromatic carbocycles. The third-order valence-electron chi connectivity index (χ3n) is 7.08. The van der Waals surface area contributed by atoms with E-state index in [-0.39, 0.29) is 34.5 Å². The lowest BCUT2D eigenvalue weighted by molar-refractivity contribution is 0.0694. The summed E-state index contributed by atoms with van der Waals surface area (Å²) >= 11 is 5.67. The first-order valence-corrected chi connectivity index (χ1v) is 12.7. The van der Waals surface area contributed by atoms with Crippen molar-refractivity contribution in [1.82, 2.24) is 9.47 Å². The topological polar surface area (TPSA) is 87.0 Å². The number of carboxylic acids is 1. The monoisotopic (exact) mass is 524 g/mol. The highest BCUT2D eigenvalue weighted by Gasteiger charge is 2.33.